The fourth-order valence-corrected chi connectivity index (χ4v) is 0.348. The van der Waals surface area contributed by atoms with Gasteiger partial charge in [-0.2, -0.15) is 0 Å². The van der Waals surface area contributed by atoms with Crippen molar-refractivity contribution >= 4 is 0 Å². The average Bonchev–Trinajstić information content (AvgIpc) is 1.59. The standard InChI is InChI=1S/C6H12FN/c1-6(2,7)4-3-5-8/h3-4H,5,8H2,1-2H3/b4-3+. The Hall–Kier alpha value is -0.370. The van der Waals surface area contributed by atoms with Crippen LogP contribution in [0.5, 0.6) is 0 Å². The Labute approximate surface area is 49.4 Å². The van der Waals surface area contributed by atoms with E-state index in [-0.39, 0.29) is 0 Å². The molecule has 0 amide bonds. The molecule has 0 rings (SSSR count). The third-order valence-electron chi connectivity index (χ3n) is 0.650. The molecule has 0 spiro atoms. The predicted octanol–water partition coefficient (Wildman–Crippen LogP) is 1.25. The van der Waals surface area contributed by atoms with Crippen molar-refractivity contribution in [1.82, 2.24) is 0 Å². The molecule has 48 valence electrons. The first kappa shape index (κ1) is 7.63. The van der Waals surface area contributed by atoms with Crippen LogP contribution in [0.3, 0.4) is 0 Å². The fraction of sp³-hybridized carbons (Fsp3) is 0.667. The van der Waals surface area contributed by atoms with Gasteiger partial charge in [0.05, 0.1) is 0 Å². The number of halogens is 1. The molecule has 0 aliphatic heterocycles. The van der Waals surface area contributed by atoms with Crippen LogP contribution in [0.2, 0.25) is 0 Å². The Morgan fingerprint density at radius 1 is 1.62 bits per heavy atom. The third kappa shape index (κ3) is 5.63. The lowest BCUT2D eigenvalue weighted by Crippen LogP contribution is -2.07. The Morgan fingerprint density at radius 2 is 2.12 bits per heavy atom. The number of hydrogen-bond donors (Lipinski definition) is 1. The maximum Gasteiger partial charge on any atom is 0.123 e. The van der Waals surface area contributed by atoms with Crippen molar-refractivity contribution in [3.8, 4) is 0 Å². The highest BCUT2D eigenvalue weighted by Gasteiger charge is 2.07. The largest absolute Gasteiger partial charge is 0.327 e. The lowest BCUT2D eigenvalue weighted by Gasteiger charge is -2.04. The number of allylic oxidation sites excluding steroid dienone is 1. The maximum atomic E-state index is 12.4. The van der Waals surface area contributed by atoms with Gasteiger partial charge < -0.3 is 5.73 Å². The summed E-state index contributed by atoms with van der Waals surface area (Å²) >= 11 is 0. The van der Waals surface area contributed by atoms with Crippen molar-refractivity contribution in [3.05, 3.63) is 12.2 Å². The van der Waals surface area contributed by atoms with E-state index in [1.54, 1.807) is 6.08 Å². The first-order valence-corrected chi connectivity index (χ1v) is 2.63. The molecule has 0 aromatic rings. The molecule has 2 N–H and O–H groups in total. The van der Waals surface area contributed by atoms with Gasteiger partial charge in [0.1, 0.15) is 5.67 Å². The zero-order valence-electron chi connectivity index (χ0n) is 5.32. The van der Waals surface area contributed by atoms with Crippen molar-refractivity contribution in [2.24, 2.45) is 5.73 Å². The molecular formula is C6H12FN. The molecule has 0 unspecified atom stereocenters. The van der Waals surface area contributed by atoms with Crippen LogP contribution in [0.1, 0.15) is 13.8 Å². The van der Waals surface area contributed by atoms with Gasteiger partial charge in [0.25, 0.3) is 0 Å². The molecule has 2 heteroatoms. The van der Waals surface area contributed by atoms with Crippen LogP contribution >= 0.6 is 0 Å². The summed E-state index contributed by atoms with van der Waals surface area (Å²) in [5.41, 5.74) is 3.87. The highest BCUT2D eigenvalue weighted by atomic mass is 19.1. The molecule has 0 heterocycles. The molecule has 1 nitrogen and oxygen atoms in total. The molecule has 0 atom stereocenters. The second kappa shape index (κ2) is 2.82. The van der Waals surface area contributed by atoms with E-state index in [0.717, 1.165) is 0 Å². The first-order chi connectivity index (χ1) is 3.56. The highest BCUT2D eigenvalue weighted by Crippen LogP contribution is 2.08. The third-order valence-corrected chi connectivity index (χ3v) is 0.650. The summed E-state index contributed by atoms with van der Waals surface area (Å²) in [5, 5.41) is 0. The van der Waals surface area contributed by atoms with Crippen LogP contribution in [0.15, 0.2) is 12.2 Å². The second-order valence-corrected chi connectivity index (χ2v) is 2.20. The topological polar surface area (TPSA) is 26.0 Å². The number of nitrogens with two attached hydrogens (primary N) is 1. The monoisotopic (exact) mass is 117 g/mol. The van der Waals surface area contributed by atoms with E-state index < -0.39 is 5.67 Å². The minimum absolute atomic E-state index is 0.410. The Bertz CT molecular complexity index is 81.0. The lowest BCUT2D eigenvalue weighted by atomic mass is 10.1. The van der Waals surface area contributed by atoms with Crippen LogP contribution in [0, 0.1) is 0 Å². The van der Waals surface area contributed by atoms with E-state index in [0.29, 0.717) is 6.54 Å². The molecule has 0 bridgehead atoms. The summed E-state index contributed by atoms with van der Waals surface area (Å²) in [5.74, 6) is 0. The zero-order chi connectivity index (χ0) is 6.62. The number of hydrogen-bond acceptors (Lipinski definition) is 1. The van der Waals surface area contributed by atoms with Gasteiger partial charge in [0.2, 0.25) is 0 Å². The molecule has 0 aliphatic carbocycles. The number of alkyl halides is 1. The Kier molecular flexibility index (Phi) is 2.69. The number of rotatable bonds is 2. The first-order valence-electron chi connectivity index (χ1n) is 2.63. The van der Waals surface area contributed by atoms with Crippen molar-refractivity contribution in [1.29, 1.82) is 0 Å². The van der Waals surface area contributed by atoms with E-state index in [9.17, 15) is 4.39 Å². The molecule has 0 fully saturated rings. The van der Waals surface area contributed by atoms with Crippen molar-refractivity contribution in [3.63, 3.8) is 0 Å². The van der Waals surface area contributed by atoms with Gasteiger partial charge in [0, 0.05) is 6.54 Å². The van der Waals surface area contributed by atoms with Crippen molar-refractivity contribution < 1.29 is 4.39 Å². The predicted molar refractivity (Wildman–Crippen MR) is 33.4 cm³/mol. The normalized spacial score (nSPS) is 13.0. The summed E-state index contributed by atoms with van der Waals surface area (Å²) in [4.78, 5) is 0. The van der Waals surface area contributed by atoms with Gasteiger partial charge in [-0.3, -0.25) is 0 Å². The van der Waals surface area contributed by atoms with E-state index in [1.165, 1.54) is 19.9 Å². The summed E-state index contributed by atoms with van der Waals surface area (Å²) in [6, 6.07) is 0. The van der Waals surface area contributed by atoms with Gasteiger partial charge in [-0.25, -0.2) is 4.39 Å². The molecule has 0 saturated carbocycles. The van der Waals surface area contributed by atoms with E-state index in [1.807, 2.05) is 0 Å². The Balaban J connectivity index is 3.52. The average molecular weight is 117 g/mol. The van der Waals surface area contributed by atoms with Crippen LogP contribution in [0.4, 0.5) is 4.39 Å². The highest BCUT2D eigenvalue weighted by molar-refractivity contribution is 4.95. The molecule has 0 aliphatic rings. The quantitative estimate of drug-likeness (QED) is 0.541. The molecule has 0 aromatic carbocycles. The van der Waals surface area contributed by atoms with E-state index in [4.69, 9.17) is 5.73 Å². The zero-order valence-corrected chi connectivity index (χ0v) is 5.32. The Morgan fingerprint density at radius 3 is 2.25 bits per heavy atom. The smallest absolute Gasteiger partial charge is 0.123 e. The van der Waals surface area contributed by atoms with Crippen molar-refractivity contribution in [2.75, 3.05) is 6.54 Å². The maximum absolute atomic E-state index is 12.4. The fourth-order valence-electron chi connectivity index (χ4n) is 0.348. The second-order valence-electron chi connectivity index (χ2n) is 2.20. The minimum Gasteiger partial charge on any atom is -0.327 e. The molecular weight excluding hydrogens is 105 g/mol. The lowest BCUT2D eigenvalue weighted by molar-refractivity contribution is 0.287. The van der Waals surface area contributed by atoms with E-state index in [2.05, 4.69) is 0 Å². The van der Waals surface area contributed by atoms with E-state index >= 15 is 0 Å². The van der Waals surface area contributed by atoms with Crippen molar-refractivity contribution in [2.45, 2.75) is 19.5 Å². The molecule has 8 heavy (non-hydrogen) atoms. The van der Waals surface area contributed by atoms with Crippen LogP contribution in [0.25, 0.3) is 0 Å². The summed E-state index contributed by atoms with van der Waals surface area (Å²) in [6.07, 6.45) is 3.06. The SMILES string of the molecule is CC(C)(F)/C=C/CN. The molecule has 0 aromatic heterocycles. The molecule has 0 radical (unpaired) electrons. The van der Waals surface area contributed by atoms with Crippen LogP contribution < -0.4 is 5.73 Å². The van der Waals surface area contributed by atoms with Gasteiger partial charge in [-0.05, 0) is 13.8 Å². The van der Waals surface area contributed by atoms with Gasteiger partial charge in [-0.15, -0.1) is 0 Å². The van der Waals surface area contributed by atoms with Crippen LogP contribution in [-0.2, 0) is 0 Å². The van der Waals surface area contributed by atoms with Gasteiger partial charge >= 0.3 is 0 Å². The summed E-state index contributed by atoms with van der Waals surface area (Å²) < 4.78 is 12.4. The van der Waals surface area contributed by atoms with Gasteiger partial charge in [0.15, 0.2) is 0 Å². The van der Waals surface area contributed by atoms with Gasteiger partial charge in [-0.1, -0.05) is 12.2 Å². The molecule has 0 saturated heterocycles. The summed E-state index contributed by atoms with van der Waals surface area (Å²) in [6.45, 7) is 3.38. The summed E-state index contributed by atoms with van der Waals surface area (Å²) in [7, 11) is 0. The minimum atomic E-state index is -1.21. The van der Waals surface area contributed by atoms with Crippen LogP contribution in [-0.4, -0.2) is 12.2 Å².